The van der Waals surface area contributed by atoms with Gasteiger partial charge in [0.05, 0.1) is 21.3 Å². The lowest BCUT2D eigenvalue weighted by Gasteiger charge is -2.20. The zero-order chi connectivity index (χ0) is 16.9. The monoisotopic (exact) mass is 326 g/mol. The van der Waals surface area contributed by atoms with Crippen molar-refractivity contribution in [1.82, 2.24) is 5.32 Å². The first-order valence-corrected chi connectivity index (χ1v) is 8.03. The number of imide groups is 1. The minimum absolute atomic E-state index is 0.112. The third-order valence-electron chi connectivity index (χ3n) is 2.76. The predicted molar refractivity (Wildman–Crippen MR) is 80.5 cm³/mol. The molecule has 0 aliphatic carbocycles. The molecule has 0 bridgehead atoms. The second-order valence-corrected chi connectivity index (χ2v) is 6.22. The topological polar surface area (TPSA) is 116 Å². The molecular weight excluding hydrogens is 308 g/mol. The van der Waals surface area contributed by atoms with Crippen LogP contribution < -0.4 is 11.1 Å². The van der Waals surface area contributed by atoms with E-state index in [9.17, 15) is 18.6 Å². The minimum atomic E-state index is -1.38. The molecule has 8 heteroatoms. The molecule has 0 saturated heterocycles. The Labute approximate surface area is 130 Å². The number of urea groups is 1. The first-order valence-electron chi connectivity index (χ1n) is 6.47. The van der Waals surface area contributed by atoms with E-state index < -0.39 is 34.8 Å². The van der Waals surface area contributed by atoms with Gasteiger partial charge in [0.25, 0.3) is 5.91 Å². The van der Waals surface area contributed by atoms with E-state index in [2.05, 4.69) is 0 Å². The number of nitrogens with two attached hydrogens (primary N) is 1. The average Bonchev–Trinajstić information content (AvgIpc) is 2.43. The van der Waals surface area contributed by atoms with Gasteiger partial charge >= 0.3 is 12.0 Å². The Hall–Kier alpha value is -2.22. The van der Waals surface area contributed by atoms with Crippen LogP contribution in [0.3, 0.4) is 0 Å². The van der Waals surface area contributed by atoms with Crippen LogP contribution in [-0.2, 0) is 20.3 Å². The molecule has 0 radical (unpaired) electrons. The molecule has 0 unspecified atom stereocenters. The molecule has 0 aliphatic rings. The molecule has 1 aromatic rings. The first-order chi connectivity index (χ1) is 10.2. The van der Waals surface area contributed by atoms with Gasteiger partial charge in [-0.25, -0.2) is 9.59 Å². The molecular formula is C14H18N2O5S. The van der Waals surface area contributed by atoms with Crippen LogP contribution in [0.15, 0.2) is 29.2 Å². The van der Waals surface area contributed by atoms with Gasteiger partial charge in [-0.2, -0.15) is 0 Å². The van der Waals surface area contributed by atoms with Crippen molar-refractivity contribution in [3.05, 3.63) is 29.8 Å². The Morgan fingerprint density at radius 2 is 1.82 bits per heavy atom. The summed E-state index contributed by atoms with van der Waals surface area (Å²) in [7, 11) is -1.38. The van der Waals surface area contributed by atoms with Crippen molar-refractivity contribution in [3.8, 4) is 0 Å². The number of benzene rings is 1. The van der Waals surface area contributed by atoms with Gasteiger partial charge in [-0.05, 0) is 18.1 Å². The largest absolute Gasteiger partial charge is 0.448 e. The number of esters is 1. The van der Waals surface area contributed by atoms with Gasteiger partial charge in [-0.15, -0.1) is 0 Å². The first kappa shape index (κ1) is 17.8. The molecule has 3 N–H and O–H groups in total. The summed E-state index contributed by atoms with van der Waals surface area (Å²) in [6.07, 6.45) is 0.254. The van der Waals surface area contributed by atoms with Gasteiger partial charge in [0, 0.05) is 6.26 Å². The number of carbonyl (C=O) groups is 3. The molecule has 3 amide bonds. The summed E-state index contributed by atoms with van der Waals surface area (Å²) in [5, 5.41) is 1.88. The normalized spacial score (nSPS) is 13.3. The number of rotatable bonds is 5. The molecule has 0 spiro atoms. The number of nitrogens with one attached hydrogen (secondary N) is 1. The third-order valence-corrected chi connectivity index (χ3v) is 3.74. The molecule has 0 fully saturated rings. The fourth-order valence-corrected chi connectivity index (χ4v) is 2.48. The Bertz CT molecular complexity index is 615. The van der Waals surface area contributed by atoms with E-state index >= 15 is 0 Å². The fourth-order valence-electron chi connectivity index (χ4n) is 1.75. The zero-order valence-electron chi connectivity index (χ0n) is 12.5. The van der Waals surface area contributed by atoms with Gasteiger partial charge in [0.2, 0.25) is 0 Å². The highest BCUT2D eigenvalue weighted by Crippen LogP contribution is 2.17. The summed E-state index contributed by atoms with van der Waals surface area (Å²) >= 11 is 0. The van der Waals surface area contributed by atoms with Crippen molar-refractivity contribution in [2.75, 3.05) is 6.26 Å². The Kier molecular flexibility index (Phi) is 6.24. The molecule has 0 heterocycles. The summed E-state index contributed by atoms with van der Waals surface area (Å²) in [6, 6.07) is 5.22. The summed E-state index contributed by atoms with van der Waals surface area (Å²) in [6.45, 7) is 3.31. The lowest BCUT2D eigenvalue weighted by atomic mass is 10.1. The van der Waals surface area contributed by atoms with E-state index in [4.69, 9.17) is 10.5 Å². The van der Waals surface area contributed by atoms with Gasteiger partial charge in [0.1, 0.15) is 0 Å². The molecule has 0 saturated carbocycles. The predicted octanol–water partition coefficient (Wildman–Crippen LogP) is 0.800. The van der Waals surface area contributed by atoms with Gasteiger partial charge in [-0.1, -0.05) is 26.0 Å². The van der Waals surface area contributed by atoms with Crippen molar-refractivity contribution >= 4 is 28.7 Å². The lowest BCUT2D eigenvalue weighted by Crippen LogP contribution is -2.45. The maximum absolute atomic E-state index is 12.2. The number of primary amides is 1. The standard InChI is InChI=1S/C14H18N2O5S/c1-8(2)11(12(17)16-14(15)19)21-13(18)9-6-4-5-7-10(9)22(3)20/h4-8,11H,1-3H3,(H3,15,16,17,19)/t11-,22+/m0/s1. The number of amides is 3. The maximum Gasteiger partial charge on any atom is 0.340 e. The third kappa shape index (κ3) is 4.66. The molecule has 0 aliphatic heterocycles. The molecule has 120 valence electrons. The van der Waals surface area contributed by atoms with Crippen molar-refractivity contribution in [2.45, 2.75) is 24.8 Å². The molecule has 0 aromatic heterocycles. The van der Waals surface area contributed by atoms with E-state index in [0.29, 0.717) is 4.90 Å². The van der Waals surface area contributed by atoms with Crippen LogP contribution in [-0.4, -0.2) is 34.5 Å². The van der Waals surface area contributed by atoms with Gasteiger partial charge < -0.3 is 10.5 Å². The van der Waals surface area contributed by atoms with Crippen LogP contribution in [0.25, 0.3) is 0 Å². The molecule has 2 atom stereocenters. The van der Waals surface area contributed by atoms with Crippen LogP contribution in [0, 0.1) is 5.92 Å². The highest BCUT2D eigenvalue weighted by atomic mass is 32.2. The Balaban J connectivity index is 3.00. The summed E-state index contributed by atoms with van der Waals surface area (Å²) in [5.41, 5.74) is 5.00. The van der Waals surface area contributed by atoms with E-state index in [-0.39, 0.29) is 11.5 Å². The molecule has 22 heavy (non-hydrogen) atoms. The smallest absolute Gasteiger partial charge is 0.340 e. The number of hydrogen-bond donors (Lipinski definition) is 2. The quantitative estimate of drug-likeness (QED) is 0.777. The molecule has 1 rings (SSSR count). The SMILES string of the molecule is CC(C)[C@H](OC(=O)c1ccccc1[S@@](C)=O)C(=O)NC(N)=O. The minimum Gasteiger partial charge on any atom is -0.448 e. The average molecular weight is 326 g/mol. The van der Waals surface area contributed by atoms with Crippen molar-refractivity contribution in [2.24, 2.45) is 11.7 Å². The van der Waals surface area contributed by atoms with Crippen LogP contribution in [0.4, 0.5) is 4.79 Å². The second-order valence-electron chi connectivity index (χ2n) is 4.87. The van der Waals surface area contributed by atoms with Gasteiger partial charge in [0.15, 0.2) is 6.10 Å². The molecule has 7 nitrogen and oxygen atoms in total. The van der Waals surface area contributed by atoms with E-state index in [1.807, 2.05) is 5.32 Å². The van der Waals surface area contributed by atoms with Crippen LogP contribution in [0.5, 0.6) is 0 Å². The van der Waals surface area contributed by atoms with E-state index in [0.717, 1.165) is 0 Å². The number of hydrogen-bond acceptors (Lipinski definition) is 5. The zero-order valence-corrected chi connectivity index (χ0v) is 13.3. The van der Waals surface area contributed by atoms with Crippen LogP contribution in [0.2, 0.25) is 0 Å². The van der Waals surface area contributed by atoms with Crippen molar-refractivity contribution in [1.29, 1.82) is 0 Å². The summed E-state index contributed by atoms with van der Waals surface area (Å²) in [5.74, 6) is -1.96. The highest BCUT2D eigenvalue weighted by Gasteiger charge is 2.28. The summed E-state index contributed by atoms with van der Waals surface area (Å²) < 4.78 is 16.8. The second kappa shape index (κ2) is 7.69. The van der Waals surface area contributed by atoms with Crippen molar-refractivity contribution < 1.29 is 23.3 Å². The fraction of sp³-hybridized carbons (Fsp3) is 0.357. The number of ether oxygens (including phenoxy) is 1. The lowest BCUT2D eigenvalue weighted by molar-refractivity contribution is -0.130. The van der Waals surface area contributed by atoms with Crippen LogP contribution >= 0.6 is 0 Å². The molecule has 1 aromatic carbocycles. The van der Waals surface area contributed by atoms with E-state index in [1.54, 1.807) is 32.0 Å². The Morgan fingerprint density at radius 3 is 2.32 bits per heavy atom. The van der Waals surface area contributed by atoms with E-state index in [1.165, 1.54) is 12.3 Å². The summed E-state index contributed by atoms with van der Waals surface area (Å²) in [4.78, 5) is 35.1. The number of carbonyl (C=O) groups excluding carboxylic acids is 3. The van der Waals surface area contributed by atoms with Gasteiger partial charge in [-0.3, -0.25) is 14.3 Å². The maximum atomic E-state index is 12.2. The van der Waals surface area contributed by atoms with Crippen LogP contribution in [0.1, 0.15) is 24.2 Å². The van der Waals surface area contributed by atoms with Crippen molar-refractivity contribution in [3.63, 3.8) is 0 Å². The Morgan fingerprint density at radius 1 is 1.23 bits per heavy atom. The highest BCUT2D eigenvalue weighted by molar-refractivity contribution is 7.84.